The number of rotatable bonds is 3. The Hall–Kier alpha value is -1.49. The van der Waals surface area contributed by atoms with Crippen LogP contribution < -0.4 is 11.1 Å². The number of hydrogen-bond donors (Lipinski definition) is 2. The van der Waals surface area contributed by atoms with Crippen LogP contribution in [0.3, 0.4) is 0 Å². The van der Waals surface area contributed by atoms with Crippen molar-refractivity contribution in [1.29, 1.82) is 0 Å². The van der Waals surface area contributed by atoms with E-state index in [1.807, 2.05) is 0 Å². The molecule has 3 nitrogen and oxygen atoms in total. The monoisotopic (exact) mass is 198 g/mol. The van der Waals surface area contributed by atoms with Crippen LogP contribution in [0.15, 0.2) is 18.2 Å². The van der Waals surface area contributed by atoms with E-state index in [0.29, 0.717) is 6.41 Å². The third-order valence-electron chi connectivity index (χ3n) is 1.47. The Labute approximate surface area is 79.7 Å². The maximum atomic E-state index is 13.1. The Bertz CT molecular complexity index is 354. The lowest BCUT2D eigenvalue weighted by Gasteiger charge is -2.06. The van der Waals surface area contributed by atoms with Crippen molar-refractivity contribution in [1.82, 2.24) is 0 Å². The van der Waals surface area contributed by atoms with Gasteiger partial charge in [-0.2, -0.15) is 0 Å². The first-order valence-corrected chi connectivity index (χ1v) is 3.86. The van der Waals surface area contributed by atoms with E-state index >= 15 is 0 Å². The van der Waals surface area contributed by atoms with E-state index in [9.17, 15) is 9.18 Å². The number of nitrogens with one attached hydrogen (secondary N) is 1. The Kier molecular flexibility index (Phi) is 2.92. The summed E-state index contributed by atoms with van der Waals surface area (Å²) >= 11 is 4.63. The standard InChI is InChI=1S/C8H7FN2OS/c9-5-2-1-3-6(11-4-12)7(5)8(10)13/h1-4H,(H2,10,13)(H,11,12). The van der Waals surface area contributed by atoms with Gasteiger partial charge in [0.2, 0.25) is 6.41 Å². The SMILES string of the molecule is NC(=S)c1c(F)cccc1NC=O. The second-order valence-electron chi connectivity index (χ2n) is 2.29. The molecule has 0 heterocycles. The number of carbonyl (C=O) groups excluding carboxylic acids is 1. The lowest BCUT2D eigenvalue weighted by molar-refractivity contribution is -0.105. The zero-order valence-corrected chi connectivity index (χ0v) is 7.40. The van der Waals surface area contributed by atoms with E-state index in [0.717, 1.165) is 0 Å². The van der Waals surface area contributed by atoms with Crippen LogP contribution in [0.25, 0.3) is 0 Å². The molecule has 0 spiro atoms. The highest BCUT2D eigenvalue weighted by atomic mass is 32.1. The van der Waals surface area contributed by atoms with Crippen molar-refractivity contribution in [2.75, 3.05) is 5.32 Å². The van der Waals surface area contributed by atoms with Gasteiger partial charge in [-0.05, 0) is 12.1 Å². The van der Waals surface area contributed by atoms with Gasteiger partial charge in [0, 0.05) is 0 Å². The molecule has 1 rings (SSSR count). The second kappa shape index (κ2) is 3.95. The number of carbonyl (C=O) groups is 1. The summed E-state index contributed by atoms with van der Waals surface area (Å²) in [6.07, 6.45) is 0.441. The van der Waals surface area contributed by atoms with E-state index in [-0.39, 0.29) is 16.2 Å². The molecule has 0 aliphatic heterocycles. The molecule has 0 bridgehead atoms. The minimum Gasteiger partial charge on any atom is -0.389 e. The van der Waals surface area contributed by atoms with Crippen molar-refractivity contribution < 1.29 is 9.18 Å². The van der Waals surface area contributed by atoms with Crippen LogP contribution in [0.5, 0.6) is 0 Å². The number of anilines is 1. The zero-order valence-electron chi connectivity index (χ0n) is 6.58. The van der Waals surface area contributed by atoms with Gasteiger partial charge in [-0.1, -0.05) is 18.3 Å². The average Bonchev–Trinajstić information content (AvgIpc) is 2.04. The molecule has 68 valence electrons. The molecule has 1 amide bonds. The Balaban J connectivity index is 3.25. The molecule has 0 aromatic heterocycles. The molecular formula is C8H7FN2OS. The molecule has 0 unspecified atom stereocenters. The van der Waals surface area contributed by atoms with Gasteiger partial charge in [0.05, 0.1) is 11.3 Å². The second-order valence-corrected chi connectivity index (χ2v) is 2.73. The summed E-state index contributed by atoms with van der Waals surface area (Å²) in [4.78, 5) is 10.1. The van der Waals surface area contributed by atoms with Crippen molar-refractivity contribution in [3.63, 3.8) is 0 Å². The first-order valence-electron chi connectivity index (χ1n) is 3.45. The molecule has 3 N–H and O–H groups in total. The molecule has 0 fully saturated rings. The summed E-state index contributed by atoms with van der Waals surface area (Å²) < 4.78 is 13.1. The molecule has 13 heavy (non-hydrogen) atoms. The van der Waals surface area contributed by atoms with Crippen LogP contribution in [0.4, 0.5) is 10.1 Å². The number of hydrogen-bond acceptors (Lipinski definition) is 2. The molecule has 1 aromatic carbocycles. The summed E-state index contributed by atoms with van der Waals surface area (Å²) in [7, 11) is 0. The van der Waals surface area contributed by atoms with Crippen LogP contribution in [-0.4, -0.2) is 11.4 Å². The molecule has 0 aliphatic rings. The highest BCUT2D eigenvalue weighted by Gasteiger charge is 2.09. The number of halogens is 1. The molecular weight excluding hydrogens is 191 g/mol. The quantitative estimate of drug-likeness (QED) is 0.563. The van der Waals surface area contributed by atoms with Crippen LogP contribution in [0.2, 0.25) is 0 Å². The van der Waals surface area contributed by atoms with Gasteiger partial charge in [0.15, 0.2) is 0 Å². The predicted molar refractivity (Wildman–Crippen MR) is 52.0 cm³/mol. The minimum atomic E-state index is -0.542. The third-order valence-corrected chi connectivity index (χ3v) is 1.68. The summed E-state index contributed by atoms with van der Waals surface area (Å²) in [5.74, 6) is -0.542. The van der Waals surface area contributed by atoms with Gasteiger partial charge in [-0.3, -0.25) is 4.79 Å². The fourth-order valence-corrected chi connectivity index (χ4v) is 1.17. The Morgan fingerprint density at radius 3 is 2.85 bits per heavy atom. The first kappa shape index (κ1) is 9.60. The highest BCUT2D eigenvalue weighted by molar-refractivity contribution is 7.80. The van der Waals surface area contributed by atoms with E-state index in [1.54, 1.807) is 0 Å². The fourth-order valence-electron chi connectivity index (χ4n) is 0.958. The minimum absolute atomic E-state index is 0.0598. The topological polar surface area (TPSA) is 55.1 Å². The van der Waals surface area contributed by atoms with E-state index in [1.165, 1.54) is 18.2 Å². The van der Waals surface area contributed by atoms with Crippen LogP contribution in [-0.2, 0) is 4.79 Å². The summed E-state index contributed by atoms with van der Waals surface area (Å²) in [5, 5.41) is 2.31. The zero-order chi connectivity index (χ0) is 9.84. The maximum absolute atomic E-state index is 13.1. The first-order chi connectivity index (χ1) is 6.16. The van der Waals surface area contributed by atoms with Crippen LogP contribution in [0, 0.1) is 5.82 Å². The van der Waals surface area contributed by atoms with Gasteiger partial charge >= 0.3 is 0 Å². The lowest BCUT2D eigenvalue weighted by atomic mass is 10.1. The fraction of sp³-hybridized carbons (Fsp3) is 0. The number of nitrogens with two attached hydrogens (primary N) is 1. The van der Waals surface area contributed by atoms with Crippen molar-refractivity contribution >= 4 is 29.3 Å². The summed E-state index contributed by atoms with van der Waals surface area (Å²) in [6.45, 7) is 0. The van der Waals surface area contributed by atoms with Crippen LogP contribution >= 0.6 is 12.2 Å². The molecule has 0 aliphatic carbocycles. The van der Waals surface area contributed by atoms with Gasteiger partial charge in [-0.25, -0.2) is 4.39 Å². The van der Waals surface area contributed by atoms with E-state index in [4.69, 9.17) is 5.73 Å². The van der Waals surface area contributed by atoms with E-state index in [2.05, 4.69) is 17.5 Å². The van der Waals surface area contributed by atoms with Gasteiger partial charge in [0.25, 0.3) is 0 Å². The molecule has 0 atom stereocenters. The van der Waals surface area contributed by atoms with E-state index < -0.39 is 5.82 Å². The largest absolute Gasteiger partial charge is 0.389 e. The smallest absolute Gasteiger partial charge is 0.211 e. The van der Waals surface area contributed by atoms with Crippen molar-refractivity contribution in [3.8, 4) is 0 Å². The average molecular weight is 198 g/mol. The van der Waals surface area contributed by atoms with Gasteiger partial charge < -0.3 is 11.1 Å². The normalized spacial score (nSPS) is 9.31. The maximum Gasteiger partial charge on any atom is 0.211 e. The van der Waals surface area contributed by atoms with Crippen LogP contribution in [0.1, 0.15) is 5.56 Å². The summed E-state index contributed by atoms with van der Waals surface area (Å²) in [5.41, 5.74) is 5.62. The highest BCUT2D eigenvalue weighted by Crippen LogP contribution is 2.17. The van der Waals surface area contributed by atoms with Gasteiger partial charge in [-0.15, -0.1) is 0 Å². The number of amides is 1. The molecule has 0 saturated heterocycles. The number of benzene rings is 1. The van der Waals surface area contributed by atoms with Crippen molar-refractivity contribution in [3.05, 3.63) is 29.6 Å². The summed E-state index contributed by atoms with van der Waals surface area (Å²) in [6, 6.07) is 4.21. The Morgan fingerprint density at radius 1 is 1.62 bits per heavy atom. The van der Waals surface area contributed by atoms with Gasteiger partial charge in [0.1, 0.15) is 10.8 Å². The number of thiocarbonyl (C=S) groups is 1. The third kappa shape index (κ3) is 2.00. The Morgan fingerprint density at radius 2 is 2.31 bits per heavy atom. The molecule has 0 saturated carbocycles. The molecule has 0 radical (unpaired) electrons. The predicted octanol–water partition coefficient (Wildman–Crippen LogP) is 1.03. The molecule has 1 aromatic rings. The lowest BCUT2D eigenvalue weighted by Crippen LogP contribution is -2.14. The molecule has 5 heteroatoms. The van der Waals surface area contributed by atoms with Crippen molar-refractivity contribution in [2.45, 2.75) is 0 Å². The van der Waals surface area contributed by atoms with Crippen molar-refractivity contribution in [2.24, 2.45) is 5.73 Å².